The van der Waals surface area contributed by atoms with Crippen molar-refractivity contribution in [1.82, 2.24) is 4.90 Å². The second-order valence-electron chi connectivity index (χ2n) is 9.34. The smallest absolute Gasteiger partial charge is 0.219 e. The predicted octanol–water partition coefficient (Wildman–Crippen LogP) is 5.41. The van der Waals surface area contributed by atoms with Crippen molar-refractivity contribution >= 4 is 5.91 Å². The Labute approximate surface area is 171 Å². The molecule has 1 heterocycles. The lowest BCUT2D eigenvalue weighted by Gasteiger charge is -2.41. The van der Waals surface area contributed by atoms with Gasteiger partial charge in [-0.25, -0.2) is 0 Å². The first-order valence-electron chi connectivity index (χ1n) is 10.8. The Bertz CT molecular complexity index is 621. The van der Waals surface area contributed by atoms with E-state index < -0.39 is 0 Å². The lowest BCUT2D eigenvalue weighted by atomic mass is 9.85. The largest absolute Gasteiger partial charge is 0.491 e. The highest BCUT2D eigenvalue weighted by molar-refractivity contribution is 5.73. The lowest BCUT2D eigenvalue weighted by Crippen LogP contribution is -2.48. The molecule has 1 aromatic carbocycles. The van der Waals surface area contributed by atoms with E-state index in [-0.39, 0.29) is 23.7 Å². The molecule has 4 heteroatoms. The average Bonchev–Trinajstić information content (AvgIpc) is 2.57. The Kier molecular flexibility index (Phi) is 7.94. The second-order valence-corrected chi connectivity index (χ2v) is 9.34. The van der Waals surface area contributed by atoms with Crippen molar-refractivity contribution in [1.29, 1.82) is 0 Å². The van der Waals surface area contributed by atoms with E-state index in [0.29, 0.717) is 11.8 Å². The van der Waals surface area contributed by atoms with Crippen molar-refractivity contribution in [3.63, 3.8) is 0 Å². The molecule has 1 amide bonds. The lowest BCUT2D eigenvalue weighted by molar-refractivity contribution is -0.138. The van der Waals surface area contributed by atoms with Crippen LogP contribution in [-0.4, -0.2) is 41.7 Å². The normalized spacial score (nSPS) is 20.2. The van der Waals surface area contributed by atoms with Crippen LogP contribution in [0.25, 0.3) is 0 Å². The maximum atomic E-state index is 12.4. The number of amides is 1. The van der Waals surface area contributed by atoms with E-state index in [4.69, 9.17) is 9.47 Å². The van der Waals surface area contributed by atoms with Crippen LogP contribution >= 0.6 is 0 Å². The monoisotopic (exact) mass is 389 g/mol. The Morgan fingerprint density at radius 2 is 1.86 bits per heavy atom. The number of ether oxygens (including phenoxy) is 2. The number of nitrogens with zero attached hydrogens (tertiary/aromatic N) is 1. The molecule has 0 aliphatic carbocycles. The van der Waals surface area contributed by atoms with Crippen LogP contribution in [0.4, 0.5) is 0 Å². The first kappa shape index (κ1) is 22.7. The standard InChI is InChI=1S/C24H39NO3/c1-17(2)23(20-8-10-22(11-9-20)28-18(3)4)12-14-25(19(5)26)21-13-15-27-24(6,7)16-21/h8-11,17-18,21,23H,12-16H2,1-7H3/t21-,23+/m0/s1. The van der Waals surface area contributed by atoms with Crippen molar-refractivity contribution in [3.05, 3.63) is 29.8 Å². The summed E-state index contributed by atoms with van der Waals surface area (Å²) >= 11 is 0. The van der Waals surface area contributed by atoms with Gasteiger partial charge in [0.25, 0.3) is 0 Å². The molecule has 0 bridgehead atoms. The van der Waals surface area contributed by atoms with E-state index in [0.717, 1.165) is 38.2 Å². The molecule has 0 unspecified atom stereocenters. The Morgan fingerprint density at radius 3 is 2.36 bits per heavy atom. The van der Waals surface area contributed by atoms with Gasteiger partial charge in [0, 0.05) is 26.1 Å². The van der Waals surface area contributed by atoms with Crippen molar-refractivity contribution in [2.24, 2.45) is 5.92 Å². The number of hydrogen-bond donors (Lipinski definition) is 0. The van der Waals surface area contributed by atoms with Crippen LogP contribution in [0, 0.1) is 5.92 Å². The summed E-state index contributed by atoms with van der Waals surface area (Å²) in [5.74, 6) is 2.02. The Hall–Kier alpha value is -1.55. The number of carbonyl (C=O) groups is 1. The van der Waals surface area contributed by atoms with Crippen LogP contribution in [0.2, 0.25) is 0 Å². The van der Waals surface area contributed by atoms with Crippen LogP contribution in [-0.2, 0) is 9.53 Å². The Balaban J connectivity index is 2.07. The summed E-state index contributed by atoms with van der Waals surface area (Å²) in [4.78, 5) is 14.5. The molecule has 0 spiro atoms. The third-order valence-electron chi connectivity index (χ3n) is 5.68. The van der Waals surface area contributed by atoms with E-state index in [9.17, 15) is 4.79 Å². The SMILES string of the molecule is CC(=O)N(CC[C@@H](c1ccc(OC(C)C)cc1)C(C)C)[C@H]1CCOC(C)(C)C1. The summed E-state index contributed by atoms with van der Waals surface area (Å²) in [6, 6.07) is 8.76. The maximum Gasteiger partial charge on any atom is 0.219 e. The molecule has 1 aliphatic heterocycles. The molecule has 4 nitrogen and oxygen atoms in total. The minimum atomic E-state index is -0.152. The molecular formula is C24H39NO3. The van der Waals surface area contributed by atoms with E-state index in [1.54, 1.807) is 6.92 Å². The summed E-state index contributed by atoms with van der Waals surface area (Å²) in [6.45, 7) is 16.1. The zero-order chi connectivity index (χ0) is 20.9. The fourth-order valence-corrected chi connectivity index (χ4v) is 4.29. The van der Waals surface area contributed by atoms with Gasteiger partial charge in [0.05, 0.1) is 11.7 Å². The van der Waals surface area contributed by atoms with Gasteiger partial charge in [-0.05, 0) is 76.5 Å². The molecule has 2 atom stereocenters. The molecule has 28 heavy (non-hydrogen) atoms. The molecular weight excluding hydrogens is 350 g/mol. The zero-order valence-electron chi connectivity index (χ0n) is 18.8. The van der Waals surface area contributed by atoms with Crippen molar-refractivity contribution in [3.8, 4) is 5.75 Å². The van der Waals surface area contributed by atoms with Crippen LogP contribution in [0.1, 0.15) is 79.2 Å². The van der Waals surface area contributed by atoms with Gasteiger partial charge in [0.2, 0.25) is 5.91 Å². The van der Waals surface area contributed by atoms with E-state index in [1.165, 1.54) is 5.56 Å². The molecule has 0 saturated carbocycles. The van der Waals surface area contributed by atoms with Gasteiger partial charge in [-0.1, -0.05) is 26.0 Å². The maximum absolute atomic E-state index is 12.4. The third kappa shape index (κ3) is 6.51. The fourth-order valence-electron chi connectivity index (χ4n) is 4.29. The van der Waals surface area contributed by atoms with E-state index >= 15 is 0 Å². The van der Waals surface area contributed by atoms with Crippen LogP contribution in [0.3, 0.4) is 0 Å². The molecule has 1 aromatic rings. The summed E-state index contributed by atoms with van der Waals surface area (Å²) in [5, 5.41) is 0. The highest BCUT2D eigenvalue weighted by Gasteiger charge is 2.33. The highest BCUT2D eigenvalue weighted by Crippen LogP contribution is 2.32. The number of rotatable bonds is 8. The first-order valence-corrected chi connectivity index (χ1v) is 10.8. The van der Waals surface area contributed by atoms with Gasteiger partial charge in [-0.2, -0.15) is 0 Å². The Morgan fingerprint density at radius 1 is 1.21 bits per heavy atom. The topological polar surface area (TPSA) is 38.8 Å². The molecule has 1 saturated heterocycles. The average molecular weight is 390 g/mol. The van der Waals surface area contributed by atoms with Gasteiger partial charge < -0.3 is 14.4 Å². The van der Waals surface area contributed by atoms with Crippen LogP contribution < -0.4 is 4.74 Å². The van der Waals surface area contributed by atoms with Crippen LogP contribution in [0.15, 0.2) is 24.3 Å². The number of benzene rings is 1. The molecule has 1 aliphatic rings. The highest BCUT2D eigenvalue weighted by atomic mass is 16.5. The predicted molar refractivity (Wildman–Crippen MR) is 115 cm³/mol. The summed E-state index contributed by atoms with van der Waals surface area (Å²) in [5.41, 5.74) is 1.17. The van der Waals surface area contributed by atoms with Crippen molar-refractivity contribution in [2.45, 2.75) is 91.4 Å². The quantitative estimate of drug-likeness (QED) is 0.597. The van der Waals surface area contributed by atoms with E-state index in [1.807, 2.05) is 13.8 Å². The van der Waals surface area contributed by atoms with Crippen LogP contribution in [0.5, 0.6) is 5.75 Å². The molecule has 158 valence electrons. The van der Waals surface area contributed by atoms with Gasteiger partial charge in [-0.15, -0.1) is 0 Å². The zero-order valence-corrected chi connectivity index (χ0v) is 18.8. The fraction of sp³-hybridized carbons (Fsp3) is 0.708. The molecule has 0 radical (unpaired) electrons. The molecule has 0 aromatic heterocycles. The third-order valence-corrected chi connectivity index (χ3v) is 5.68. The minimum absolute atomic E-state index is 0.152. The molecule has 0 N–H and O–H groups in total. The minimum Gasteiger partial charge on any atom is -0.491 e. The summed E-state index contributed by atoms with van der Waals surface area (Å²) < 4.78 is 11.6. The number of carbonyl (C=O) groups excluding carboxylic acids is 1. The van der Waals surface area contributed by atoms with E-state index in [2.05, 4.69) is 56.9 Å². The molecule has 2 rings (SSSR count). The summed E-state index contributed by atoms with van der Waals surface area (Å²) in [7, 11) is 0. The number of hydrogen-bond acceptors (Lipinski definition) is 3. The van der Waals surface area contributed by atoms with Crippen molar-refractivity contribution < 1.29 is 14.3 Å². The van der Waals surface area contributed by atoms with Crippen molar-refractivity contribution in [2.75, 3.05) is 13.2 Å². The van der Waals surface area contributed by atoms with Gasteiger partial charge in [0.15, 0.2) is 0 Å². The van der Waals surface area contributed by atoms with Gasteiger partial charge in [-0.3, -0.25) is 4.79 Å². The van der Waals surface area contributed by atoms with Gasteiger partial charge in [0.1, 0.15) is 5.75 Å². The first-order chi connectivity index (χ1) is 13.1. The molecule has 1 fully saturated rings. The second kappa shape index (κ2) is 9.78. The summed E-state index contributed by atoms with van der Waals surface area (Å²) in [6.07, 6.45) is 2.98. The van der Waals surface area contributed by atoms with Gasteiger partial charge >= 0.3 is 0 Å².